The number of nitrogens with two attached hydrogens (primary N) is 1. The van der Waals surface area contributed by atoms with Crippen LogP contribution in [0, 0.1) is 0 Å². The molecular formula is C11H10N2O2. The Kier molecular flexibility index (Phi) is 2.27. The molecule has 4 heteroatoms. The first-order valence-electron chi connectivity index (χ1n) is 4.40. The first-order valence-corrected chi connectivity index (χ1v) is 4.40. The maximum Gasteiger partial charge on any atom is 0.268 e. The van der Waals surface area contributed by atoms with Crippen LogP contribution >= 0.6 is 0 Å². The summed E-state index contributed by atoms with van der Waals surface area (Å²) in [6.07, 6.45) is 1.58. The molecule has 2 rings (SSSR count). The summed E-state index contributed by atoms with van der Waals surface area (Å²) >= 11 is 0. The van der Waals surface area contributed by atoms with Gasteiger partial charge in [0.05, 0.1) is 11.8 Å². The van der Waals surface area contributed by atoms with Gasteiger partial charge >= 0.3 is 0 Å². The van der Waals surface area contributed by atoms with E-state index in [2.05, 4.69) is 6.58 Å². The van der Waals surface area contributed by atoms with Gasteiger partial charge in [-0.05, 0) is 0 Å². The van der Waals surface area contributed by atoms with Crippen LogP contribution in [0.15, 0.2) is 41.5 Å². The fourth-order valence-corrected chi connectivity index (χ4v) is 1.42. The van der Waals surface area contributed by atoms with Crippen LogP contribution < -0.4 is 11.3 Å². The van der Waals surface area contributed by atoms with Gasteiger partial charge in [-0.1, -0.05) is 30.8 Å². The van der Waals surface area contributed by atoms with Crippen LogP contribution in [-0.4, -0.2) is 5.91 Å². The molecule has 0 aliphatic rings. The van der Waals surface area contributed by atoms with Gasteiger partial charge in [-0.25, -0.2) is 5.84 Å². The van der Waals surface area contributed by atoms with Crippen LogP contribution in [0.1, 0.15) is 5.76 Å². The largest absolute Gasteiger partial charge is 0.463 e. The van der Waals surface area contributed by atoms with Crippen LogP contribution in [0.3, 0.4) is 0 Å². The van der Waals surface area contributed by atoms with E-state index in [1.807, 2.05) is 29.7 Å². The number of benzene rings is 1. The van der Waals surface area contributed by atoms with Crippen LogP contribution in [0.4, 0.5) is 0 Å². The minimum absolute atomic E-state index is 0.221. The van der Waals surface area contributed by atoms with Crippen molar-refractivity contribution >= 4 is 22.3 Å². The second kappa shape index (κ2) is 3.59. The zero-order valence-electron chi connectivity index (χ0n) is 7.99. The van der Waals surface area contributed by atoms with Gasteiger partial charge in [0, 0.05) is 10.8 Å². The zero-order chi connectivity index (χ0) is 10.8. The van der Waals surface area contributed by atoms with Crippen molar-refractivity contribution in [1.82, 2.24) is 5.43 Å². The van der Waals surface area contributed by atoms with Crippen LogP contribution in [0.5, 0.6) is 0 Å². The zero-order valence-corrected chi connectivity index (χ0v) is 7.99. The third-order valence-electron chi connectivity index (χ3n) is 2.19. The van der Waals surface area contributed by atoms with E-state index in [0.717, 1.165) is 10.8 Å². The summed E-state index contributed by atoms with van der Waals surface area (Å²) in [5, 5.41) is 1.78. The first-order chi connectivity index (χ1) is 7.24. The molecule has 0 spiro atoms. The Bertz CT molecular complexity index is 528. The monoisotopic (exact) mass is 202 g/mol. The smallest absolute Gasteiger partial charge is 0.268 e. The van der Waals surface area contributed by atoms with Gasteiger partial charge in [-0.2, -0.15) is 0 Å². The lowest BCUT2D eigenvalue weighted by Crippen LogP contribution is -2.30. The van der Waals surface area contributed by atoms with Gasteiger partial charge in [-0.15, -0.1) is 0 Å². The first kappa shape index (κ1) is 9.48. The number of furan rings is 1. The van der Waals surface area contributed by atoms with E-state index in [1.54, 1.807) is 6.26 Å². The van der Waals surface area contributed by atoms with Gasteiger partial charge in [0.25, 0.3) is 5.91 Å². The Labute approximate surface area is 86.3 Å². The van der Waals surface area contributed by atoms with Crippen LogP contribution in [0.25, 0.3) is 16.3 Å². The Balaban J connectivity index is 2.53. The van der Waals surface area contributed by atoms with Crippen molar-refractivity contribution in [1.29, 1.82) is 0 Å². The molecule has 0 aliphatic carbocycles. The highest BCUT2D eigenvalue weighted by atomic mass is 16.3. The average Bonchev–Trinajstić information content (AvgIpc) is 2.70. The van der Waals surface area contributed by atoms with Crippen molar-refractivity contribution in [2.24, 2.45) is 5.84 Å². The lowest BCUT2D eigenvalue weighted by Gasteiger charge is -2.00. The number of rotatable bonds is 2. The molecule has 0 unspecified atom stereocenters. The third-order valence-corrected chi connectivity index (χ3v) is 2.19. The Morgan fingerprint density at radius 3 is 2.87 bits per heavy atom. The predicted molar refractivity (Wildman–Crippen MR) is 57.6 cm³/mol. The van der Waals surface area contributed by atoms with E-state index in [9.17, 15) is 4.79 Å². The summed E-state index contributed by atoms with van der Waals surface area (Å²) in [4.78, 5) is 11.3. The number of amides is 1. The minimum Gasteiger partial charge on any atom is -0.463 e. The highest BCUT2D eigenvalue weighted by molar-refractivity contribution is 6.20. The molecule has 1 heterocycles. The molecule has 0 bridgehead atoms. The molecule has 0 saturated carbocycles. The molecule has 0 atom stereocenters. The molecule has 0 saturated heterocycles. The molecule has 76 valence electrons. The summed E-state index contributed by atoms with van der Waals surface area (Å²) < 4.78 is 5.28. The van der Waals surface area contributed by atoms with Crippen molar-refractivity contribution in [2.75, 3.05) is 0 Å². The van der Waals surface area contributed by atoms with Crippen molar-refractivity contribution in [2.45, 2.75) is 0 Å². The normalized spacial score (nSPS) is 10.2. The number of fused-ring (bicyclic) bond motifs is 1. The molecular weight excluding hydrogens is 192 g/mol. The molecule has 3 N–H and O–H groups in total. The van der Waals surface area contributed by atoms with Crippen LogP contribution in [-0.2, 0) is 4.79 Å². The topological polar surface area (TPSA) is 68.3 Å². The van der Waals surface area contributed by atoms with Crippen molar-refractivity contribution in [3.63, 3.8) is 0 Å². The quantitative estimate of drug-likeness (QED) is 0.335. The van der Waals surface area contributed by atoms with Crippen LogP contribution in [0.2, 0.25) is 0 Å². The summed E-state index contributed by atoms with van der Waals surface area (Å²) in [5.74, 6) is 5.02. The molecule has 2 aromatic rings. The third kappa shape index (κ3) is 1.51. The van der Waals surface area contributed by atoms with E-state index in [1.165, 1.54) is 0 Å². The van der Waals surface area contributed by atoms with E-state index >= 15 is 0 Å². The van der Waals surface area contributed by atoms with E-state index < -0.39 is 5.91 Å². The summed E-state index contributed by atoms with van der Waals surface area (Å²) in [6.45, 7) is 3.63. The fourth-order valence-electron chi connectivity index (χ4n) is 1.42. The Morgan fingerprint density at radius 1 is 1.40 bits per heavy atom. The van der Waals surface area contributed by atoms with Gasteiger partial charge in [-0.3, -0.25) is 10.2 Å². The maximum atomic E-state index is 11.3. The molecule has 0 fully saturated rings. The van der Waals surface area contributed by atoms with E-state index in [0.29, 0.717) is 5.76 Å². The molecule has 0 aliphatic heterocycles. The van der Waals surface area contributed by atoms with Crippen molar-refractivity contribution < 1.29 is 9.21 Å². The average molecular weight is 202 g/mol. The second-order valence-electron chi connectivity index (χ2n) is 3.10. The van der Waals surface area contributed by atoms with Gasteiger partial charge in [0.2, 0.25) is 0 Å². The lowest BCUT2D eigenvalue weighted by atomic mass is 10.1. The molecule has 1 amide bonds. The number of nitrogens with one attached hydrogen (secondary N) is 1. The van der Waals surface area contributed by atoms with Gasteiger partial charge in [0.1, 0.15) is 5.76 Å². The molecule has 15 heavy (non-hydrogen) atoms. The highest BCUT2D eigenvalue weighted by Crippen LogP contribution is 2.25. The maximum absolute atomic E-state index is 11.3. The standard InChI is InChI=1S/C11H10N2O2/c1-7(11(14)13-12)10-9-5-3-2-4-8(9)6-15-10/h2-6H,1,12H2,(H,13,14). The second-order valence-corrected chi connectivity index (χ2v) is 3.10. The van der Waals surface area contributed by atoms with E-state index in [-0.39, 0.29) is 5.57 Å². The number of hydrogen-bond acceptors (Lipinski definition) is 3. The minimum atomic E-state index is -0.449. The number of hydrogen-bond donors (Lipinski definition) is 2. The highest BCUT2D eigenvalue weighted by Gasteiger charge is 2.14. The molecule has 1 aromatic carbocycles. The Hall–Kier alpha value is -2.07. The van der Waals surface area contributed by atoms with Crippen molar-refractivity contribution in [3.05, 3.63) is 42.9 Å². The fraction of sp³-hybridized carbons (Fsp3) is 0. The molecule has 4 nitrogen and oxygen atoms in total. The lowest BCUT2D eigenvalue weighted by molar-refractivity contribution is -0.115. The number of carbonyl (C=O) groups excluding carboxylic acids is 1. The summed E-state index contributed by atoms with van der Waals surface area (Å²) in [7, 11) is 0. The summed E-state index contributed by atoms with van der Waals surface area (Å²) in [6, 6.07) is 7.53. The van der Waals surface area contributed by atoms with Crippen molar-refractivity contribution in [3.8, 4) is 0 Å². The molecule has 0 radical (unpaired) electrons. The SMILES string of the molecule is C=C(C(=O)NN)c1occ2ccccc12. The number of carbonyl (C=O) groups is 1. The van der Waals surface area contributed by atoms with Gasteiger partial charge in [0.15, 0.2) is 0 Å². The predicted octanol–water partition coefficient (Wildman–Crippen LogP) is 1.44. The Morgan fingerprint density at radius 2 is 2.13 bits per heavy atom. The molecule has 1 aromatic heterocycles. The van der Waals surface area contributed by atoms with Gasteiger partial charge < -0.3 is 4.42 Å². The number of hydrazine groups is 1. The summed E-state index contributed by atoms with van der Waals surface area (Å²) in [5.41, 5.74) is 2.24. The van der Waals surface area contributed by atoms with E-state index in [4.69, 9.17) is 10.3 Å².